The Bertz CT molecular complexity index is 399. The molecule has 0 saturated carbocycles. The first-order chi connectivity index (χ1) is 9.81. The van der Waals surface area contributed by atoms with Crippen molar-refractivity contribution in [1.29, 1.82) is 0 Å². The van der Waals surface area contributed by atoms with Gasteiger partial charge in [-0.3, -0.25) is 4.79 Å². The summed E-state index contributed by atoms with van der Waals surface area (Å²) in [6.45, 7) is 2.22. The Balaban J connectivity index is 1.64. The Kier molecular flexibility index (Phi) is 6.10. The summed E-state index contributed by atoms with van der Waals surface area (Å²) < 4.78 is 5.30. The summed E-state index contributed by atoms with van der Waals surface area (Å²) in [4.78, 5) is 11.5. The number of benzene rings is 1. The third-order valence-corrected chi connectivity index (χ3v) is 4.18. The van der Waals surface area contributed by atoms with Gasteiger partial charge in [0.25, 0.3) is 0 Å². The molecule has 0 spiro atoms. The highest BCUT2D eigenvalue weighted by atomic mass is 16.6. The average Bonchev–Trinajstić information content (AvgIpc) is 2.48. The molecule has 0 aliphatic carbocycles. The van der Waals surface area contributed by atoms with Gasteiger partial charge in [-0.25, -0.2) is 0 Å². The van der Waals surface area contributed by atoms with E-state index in [1.807, 2.05) is 6.07 Å². The van der Waals surface area contributed by atoms with Crippen LogP contribution in [-0.4, -0.2) is 12.1 Å². The summed E-state index contributed by atoms with van der Waals surface area (Å²) >= 11 is 0. The van der Waals surface area contributed by atoms with Crippen LogP contribution in [-0.2, 0) is 16.0 Å². The van der Waals surface area contributed by atoms with Crippen molar-refractivity contribution in [1.82, 2.24) is 0 Å². The molecule has 1 fully saturated rings. The number of esters is 1. The minimum Gasteiger partial charge on any atom is -0.461 e. The largest absolute Gasteiger partial charge is 0.461 e. The first kappa shape index (κ1) is 15.1. The van der Waals surface area contributed by atoms with Gasteiger partial charge in [0.2, 0.25) is 0 Å². The summed E-state index contributed by atoms with van der Waals surface area (Å²) in [6, 6.07) is 10.5. The normalized spacial score (nSPS) is 21.4. The van der Waals surface area contributed by atoms with Crippen molar-refractivity contribution in [2.45, 2.75) is 64.4 Å². The third-order valence-electron chi connectivity index (χ3n) is 4.18. The van der Waals surface area contributed by atoms with E-state index in [9.17, 15) is 4.79 Å². The number of carbonyl (C=O) groups is 1. The Morgan fingerprint density at radius 1 is 1.00 bits per heavy atom. The molecule has 0 amide bonds. The summed E-state index contributed by atoms with van der Waals surface area (Å²) in [7, 11) is 0. The minimum absolute atomic E-state index is 0.0264. The maximum absolute atomic E-state index is 11.5. The first-order valence-electron chi connectivity index (χ1n) is 8.05. The molecule has 110 valence electrons. The molecule has 1 aromatic rings. The van der Waals surface area contributed by atoms with Crippen LogP contribution in [0.25, 0.3) is 0 Å². The minimum atomic E-state index is 0.0264. The molecule has 1 heterocycles. The number of aryl methyl sites for hydroxylation is 1. The lowest BCUT2D eigenvalue weighted by Crippen LogP contribution is -2.45. The maximum Gasteiger partial charge on any atom is 0.313 e. The van der Waals surface area contributed by atoms with Crippen LogP contribution in [0, 0.1) is 5.92 Å². The second-order valence-electron chi connectivity index (χ2n) is 5.81. The first-order valence-corrected chi connectivity index (χ1v) is 8.05. The van der Waals surface area contributed by atoms with Gasteiger partial charge in [0.15, 0.2) is 0 Å². The molecule has 0 aromatic heterocycles. The number of hydrogen-bond acceptors (Lipinski definition) is 2. The molecular weight excluding hydrogens is 248 g/mol. The summed E-state index contributed by atoms with van der Waals surface area (Å²) in [5, 5.41) is 0. The van der Waals surface area contributed by atoms with E-state index in [2.05, 4.69) is 31.2 Å². The van der Waals surface area contributed by atoms with Crippen molar-refractivity contribution in [2.24, 2.45) is 5.92 Å². The zero-order valence-electron chi connectivity index (χ0n) is 12.5. The maximum atomic E-state index is 11.5. The zero-order chi connectivity index (χ0) is 14.2. The van der Waals surface area contributed by atoms with Crippen molar-refractivity contribution in [3.63, 3.8) is 0 Å². The lowest BCUT2D eigenvalue weighted by Gasteiger charge is -2.35. The molecule has 2 heteroatoms. The Labute approximate surface area is 122 Å². The van der Waals surface area contributed by atoms with E-state index in [0.717, 1.165) is 25.7 Å². The third kappa shape index (κ3) is 4.36. The lowest BCUT2D eigenvalue weighted by molar-refractivity contribution is -0.186. The molecule has 1 aromatic carbocycles. The van der Waals surface area contributed by atoms with Crippen LogP contribution < -0.4 is 0 Å². The predicted molar refractivity (Wildman–Crippen MR) is 81.5 cm³/mol. The monoisotopic (exact) mass is 274 g/mol. The lowest BCUT2D eigenvalue weighted by atomic mass is 9.87. The molecular formula is C18H26O2. The zero-order valence-corrected chi connectivity index (χ0v) is 12.5. The topological polar surface area (TPSA) is 26.3 Å². The van der Waals surface area contributed by atoms with E-state index in [-0.39, 0.29) is 18.0 Å². The predicted octanol–water partition coefficient (Wildman–Crippen LogP) is 4.52. The van der Waals surface area contributed by atoms with E-state index in [1.54, 1.807) is 0 Å². The standard InChI is InChI=1S/C18H26O2/c1-2-3-4-8-14-17-16(18(19)20-17)13-9-12-15-10-6-5-7-11-15/h5-7,10-11,16-17H,2-4,8-9,12-14H2,1H3. The van der Waals surface area contributed by atoms with Crippen LogP contribution >= 0.6 is 0 Å². The van der Waals surface area contributed by atoms with E-state index >= 15 is 0 Å². The van der Waals surface area contributed by atoms with Gasteiger partial charge in [0.1, 0.15) is 6.10 Å². The number of unbranched alkanes of at least 4 members (excludes halogenated alkanes) is 3. The summed E-state index contributed by atoms with van der Waals surface area (Å²) in [5.74, 6) is 0.193. The molecule has 2 nitrogen and oxygen atoms in total. The summed E-state index contributed by atoms with van der Waals surface area (Å²) in [5.41, 5.74) is 1.36. The average molecular weight is 274 g/mol. The fourth-order valence-electron chi connectivity index (χ4n) is 2.91. The molecule has 2 rings (SSSR count). The molecule has 1 saturated heterocycles. The number of hydrogen-bond donors (Lipinski definition) is 0. The van der Waals surface area contributed by atoms with Crippen LogP contribution in [0.15, 0.2) is 30.3 Å². The smallest absolute Gasteiger partial charge is 0.313 e. The molecule has 1 aliphatic rings. The van der Waals surface area contributed by atoms with Crippen LogP contribution in [0.5, 0.6) is 0 Å². The number of carbonyl (C=O) groups excluding carboxylic acids is 1. The van der Waals surface area contributed by atoms with Crippen molar-refractivity contribution >= 4 is 5.97 Å². The Morgan fingerprint density at radius 3 is 2.50 bits per heavy atom. The van der Waals surface area contributed by atoms with Crippen LogP contribution in [0.4, 0.5) is 0 Å². The van der Waals surface area contributed by atoms with Gasteiger partial charge in [-0.1, -0.05) is 56.5 Å². The van der Waals surface area contributed by atoms with E-state index in [4.69, 9.17) is 4.74 Å². The second-order valence-corrected chi connectivity index (χ2v) is 5.81. The van der Waals surface area contributed by atoms with Crippen LogP contribution in [0.1, 0.15) is 57.4 Å². The van der Waals surface area contributed by atoms with Crippen molar-refractivity contribution in [3.05, 3.63) is 35.9 Å². The van der Waals surface area contributed by atoms with Gasteiger partial charge in [-0.2, -0.15) is 0 Å². The van der Waals surface area contributed by atoms with Crippen molar-refractivity contribution in [3.8, 4) is 0 Å². The number of cyclic esters (lactones) is 1. The quantitative estimate of drug-likeness (QED) is 0.489. The highest BCUT2D eigenvalue weighted by molar-refractivity contribution is 5.78. The fraction of sp³-hybridized carbons (Fsp3) is 0.611. The summed E-state index contributed by atoms with van der Waals surface area (Å²) in [6.07, 6.45) is 9.39. The molecule has 20 heavy (non-hydrogen) atoms. The van der Waals surface area contributed by atoms with Gasteiger partial charge >= 0.3 is 5.97 Å². The Morgan fingerprint density at radius 2 is 1.80 bits per heavy atom. The van der Waals surface area contributed by atoms with Gasteiger partial charge in [0.05, 0.1) is 5.92 Å². The highest BCUT2D eigenvalue weighted by Crippen LogP contribution is 2.31. The van der Waals surface area contributed by atoms with E-state index in [0.29, 0.717) is 0 Å². The van der Waals surface area contributed by atoms with Gasteiger partial charge < -0.3 is 4.74 Å². The highest BCUT2D eigenvalue weighted by Gasteiger charge is 2.40. The van der Waals surface area contributed by atoms with Crippen LogP contribution in [0.3, 0.4) is 0 Å². The number of rotatable bonds is 9. The van der Waals surface area contributed by atoms with E-state index in [1.165, 1.54) is 31.2 Å². The Hall–Kier alpha value is -1.31. The SMILES string of the molecule is CCCCCCC1OC(=O)C1CCCc1ccccc1. The fourth-order valence-corrected chi connectivity index (χ4v) is 2.91. The molecule has 1 aliphatic heterocycles. The van der Waals surface area contributed by atoms with Gasteiger partial charge in [0, 0.05) is 0 Å². The van der Waals surface area contributed by atoms with Crippen LogP contribution in [0.2, 0.25) is 0 Å². The van der Waals surface area contributed by atoms with E-state index < -0.39 is 0 Å². The molecule has 2 unspecified atom stereocenters. The van der Waals surface area contributed by atoms with Crippen molar-refractivity contribution in [2.75, 3.05) is 0 Å². The van der Waals surface area contributed by atoms with Gasteiger partial charge in [-0.05, 0) is 37.7 Å². The molecule has 0 bridgehead atoms. The van der Waals surface area contributed by atoms with Crippen molar-refractivity contribution < 1.29 is 9.53 Å². The second kappa shape index (κ2) is 8.08. The number of ether oxygens (including phenoxy) is 1. The molecule has 0 N–H and O–H groups in total. The molecule has 0 radical (unpaired) electrons. The molecule has 2 atom stereocenters. The van der Waals surface area contributed by atoms with Gasteiger partial charge in [-0.15, -0.1) is 0 Å².